The number of amides is 1. The predicted molar refractivity (Wildman–Crippen MR) is 108 cm³/mol. The molecule has 0 spiro atoms. The third-order valence-electron chi connectivity index (χ3n) is 4.33. The molecule has 0 unspecified atom stereocenters. The molecule has 1 amide bonds. The van der Waals surface area contributed by atoms with Gasteiger partial charge in [-0.15, -0.1) is 22.6 Å². The van der Waals surface area contributed by atoms with E-state index in [1.165, 1.54) is 5.56 Å². The Morgan fingerprint density at radius 3 is 2.37 bits per heavy atom. The highest BCUT2D eigenvalue weighted by molar-refractivity contribution is 6.29. The topological polar surface area (TPSA) is 81.6 Å². The monoisotopic (exact) mass is 411 g/mol. The lowest BCUT2D eigenvalue weighted by atomic mass is 10.1. The molecule has 1 fully saturated rings. The molecule has 0 aliphatic carbocycles. The minimum absolute atomic E-state index is 0. The predicted octanol–water partition coefficient (Wildman–Crippen LogP) is 1.60. The molecule has 1 saturated heterocycles. The van der Waals surface area contributed by atoms with Gasteiger partial charge in [-0.1, -0.05) is 23.7 Å². The first-order chi connectivity index (χ1) is 12.7. The van der Waals surface area contributed by atoms with Crippen molar-refractivity contribution in [1.82, 2.24) is 20.4 Å². The molecule has 1 aliphatic rings. The number of nitrogens with one attached hydrogen (secondary N) is 1. The van der Waals surface area contributed by atoms with Crippen molar-refractivity contribution in [2.45, 2.75) is 6.54 Å². The summed E-state index contributed by atoms with van der Waals surface area (Å²) in [6.07, 6.45) is 0. The number of hydrogen-bond acceptors (Lipinski definition) is 6. The fourth-order valence-electron chi connectivity index (χ4n) is 2.90. The Hall–Kier alpha value is -1.93. The number of hydrogen-bond donors (Lipinski definition) is 2. The molecule has 1 aromatic heterocycles. The Balaban J connectivity index is 0.00000261. The smallest absolute Gasteiger partial charge is 0.251 e. The Bertz CT molecular complexity index is 720. The summed E-state index contributed by atoms with van der Waals surface area (Å²) in [7, 11) is 0. The van der Waals surface area contributed by atoms with Crippen LogP contribution in [0.4, 0.5) is 5.82 Å². The van der Waals surface area contributed by atoms with Gasteiger partial charge in [-0.3, -0.25) is 9.69 Å². The highest BCUT2D eigenvalue weighted by Crippen LogP contribution is 2.16. The van der Waals surface area contributed by atoms with Crippen molar-refractivity contribution in [3.8, 4) is 0 Å². The number of aliphatic hydroxyl groups is 1. The summed E-state index contributed by atoms with van der Waals surface area (Å²) < 4.78 is 0. The van der Waals surface area contributed by atoms with Crippen molar-refractivity contribution in [1.29, 1.82) is 0 Å². The minimum atomic E-state index is -0.164. The van der Waals surface area contributed by atoms with Crippen LogP contribution in [0.15, 0.2) is 36.4 Å². The third kappa shape index (κ3) is 6.04. The number of aliphatic hydroxyl groups excluding tert-OH is 1. The maximum atomic E-state index is 11.8. The van der Waals surface area contributed by atoms with E-state index in [2.05, 4.69) is 25.3 Å². The van der Waals surface area contributed by atoms with E-state index in [-0.39, 0.29) is 31.5 Å². The minimum Gasteiger partial charge on any atom is -0.395 e. The van der Waals surface area contributed by atoms with E-state index in [1.54, 1.807) is 6.07 Å². The summed E-state index contributed by atoms with van der Waals surface area (Å²) in [5.74, 6) is 0.690. The molecule has 3 rings (SSSR count). The Kier molecular flexibility index (Phi) is 8.24. The normalized spacial score (nSPS) is 14.5. The Morgan fingerprint density at radius 1 is 1.07 bits per heavy atom. The zero-order valence-corrected chi connectivity index (χ0v) is 16.4. The van der Waals surface area contributed by atoms with Crippen molar-refractivity contribution in [2.75, 3.05) is 44.2 Å². The lowest BCUT2D eigenvalue weighted by Crippen LogP contribution is -2.46. The van der Waals surface area contributed by atoms with Gasteiger partial charge in [0.1, 0.15) is 0 Å². The van der Waals surface area contributed by atoms with Crippen LogP contribution in [0.5, 0.6) is 0 Å². The number of carbonyl (C=O) groups excluding carboxylic acids is 1. The van der Waals surface area contributed by atoms with Gasteiger partial charge in [0.2, 0.25) is 0 Å². The molecule has 27 heavy (non-hydrogen) atoms. The lowest BCUT2D eigenvalue weighted by Gasteiger charge is -2.35. The number of anilines is 1. The van der Waals surface area contributed by atoms with Crippen molar-refractivity contribution >= 4 is 35.7 Å². The molecule has 1 aliphatic heterocycles. The number of nitrogens with zero attached hydrogens (tertiary/aromatic N) is 4. The van der Waals surface area contributed by atoms with Crippen LogP contribution < -0.4 is 10.2 Å². The summed E-state index contributed by atoms with van der Waals surface area (Å²) in [5.41, 5.74) is 1.77. The van der Waals surface area contributed by atoms with Gasteiger partial charge in [0.05, 0.1) is 6.61 Å². The first-order valence-corrected chi connectivity index (χ1v) is 8.98. The van der Waals surface area contributed by atoms with Crippen LogP contribution in [0.1, 0.15) is 15.9 Å². The van der Waals surface area contributed by atoms with Crippen LogP contribution in [0, 0.1) is 0 Å². The Labute approximate surface area is 169 Å². The molecule has 2 N–H and O–H groups in total. The van der Waals surface area contributed by atoms with Crippen molar-refractivity contribution < 1.29 is 9.90 Å². The molecular formula is C18H23Cl2N5O2. The molecule has 2 aromatic rings. The largest absolute Gasteiger partial charge is 0.395 e. The zero-order valence-electron chi connectivity index (χ0n) is 14.8. The van der Waals surface area contributed by atoms with Gasteiger partial charge in [-0.2, -0.15) is 0 Å². The first kappa shape index (κ1) is 21.4. The van der Waals surface area contributed by atoms with Crippen molar-refractivity contribution in [3.05, 3.63) is 52.7 Å². The van der Waals surface area contributed by atoms with Gasteiger partial charge in [0, 0.05) is 44.8 Å². The maximum Gasteiger partial charge on any atom is 0.251 e. The van der Waals surface area contributed by atoms with Crippen LogP contribution in [0.25, 0.3) is 0 Å². The second-order valence-corrected chi connectivity index (χ2v) is 6.54. The molecule has 0 atom stereocenters. The summed E-state index contributed by atoms with van der Waals surface area (Å²) >= 11 is 5.78. The van der Waals surface area contributed by atoms with E-state index in [9.17, 15) is 4.79 Å². The van der Waals surface area contributed by atoms with Crippen LogP contribution in [-0.4, -0.2) is 65.4 Å². The van der Waals surface area contributed by atoms with Gasteiger partial charge < -0.3 is 15.3 Å². The summed E-state index contributed by atoms with van der Waals surface area (Å²) in [6, 6.07) is 11.2. The van der Waals surface area contributed by atoms with E-state index < -0.39 is 0 Å². The standard InChI is InChI=1S/C18H22ClN5O2.ClH/c19-16-5-6-17(22-21-16)24-10-8-23(9-11-24)13-14-1-3-15(4-2-14)18(26)20-7-12-25;/h1-6,25H,7-13H2,(H,20,26);1H. The average molecular weight is 412 g/mol. The molecule has 7 nitrogen and oxygen atoms in total. The van der Waals surface area contributed by atoms with Gasteiger partial charge in [0.15, 0.2) is 11.0 Å². The summed E-state index contributed by atoms with van der Waals surface area (Å²) in [5, 5.41) is 19.8. The highest BCUT2D eigenvalue weighted by atomic mass is 35.5. The molecule has 1 aromatic carbocycles. The third-order valence-corrected chi connectivity index (χ3v) is 4.54. The van der Waals surface area contributed by atoms with E-state index in [0.717, 1.165) is 38.5 Å². The number of benzene rings is 1. The second kappa shape index (κ2) is 10.4. The van der Waals surface area contributed by atoms with E-state index in [0.29, 0.717) is 10.7 Å². The molecular weight excluding hydrogens is 389 g/mol. The Morgan fingerprint density at radius 2 is 1.78 bits per heavy atom. The van der Waals surface area contributed by atoms with Crippen LogP contribution >= 0.6 is 24.0 Å². The molecule has 0 saturated carbocycles. The molecule has 0 radical (unpaired) electrons. The molecule has 2 heterocycles. The zero-order chi connectivity index (χ0) is 18.4. The van der Waals surface area contributed by atoms with Crippen LogP contribution in [0.3, 0.4) is 0 Å². The summed E-state index contributed by atoms with van der Waals surface area (Å²) in [6.45, 7) is 4.70. The summed E-state index contributed by atoms with van der Waals surface area (Å²) in [4.78, 5) is 16.4. The lowest BCUT2D eigenvalue weighted by molar-refractivity contribution is 0.0944. The quantitative estimate of drug-likeness (QED) is 0.750. The van der Waals surface area contributed by atoms with Gasteiger partial charge in [-0.25, -0.2) is 0 Å². The number of carbonyl (C=O) groups is 1. The van der Waals surface area contributed by atoms with E-state index >= 15 is 0 Å². The SMILES string of the molecule is Cl.O=C(NCCO)c1ccc(CN2CCN(c3ccc(Cl)nn3)CC2)cc1. The van der Waals surface area contributed by atoms with Crippen LogP contribution in [0.2, 0.25) is 5.15 Å². The fourth-order valence-corrected chi connectivity index (χ4v) is 3.00. The van der Waals surface area contributed by atoms with E-state index in [4.69, 9.17) is 16.7 Å². The van der Waals surface area contributed by atoms with Crippen molar-refractivity contribution in [2.24, 2.45) is 0 Å². The van der Waals surface area contributed by atoms with Crippen LogP contribution in [-0.2, 0) is 6.54 Å². The van der Waals surface area contributed by atoms with Gasteiger partial charge in [-0.05, 0) is 29.8 Å². The number of rotatable bonds is 6. The molecule has 0 bridgehead atoms. The molecule has 146 valence electrons. The van der Waals surface area contributed by atoms with Crippen molar-refractivity contribution in [3.63, 3.8) is 0 Å². The maximum absolute atomic E-state index is 11.8. The number of aromatic nitrogens is 2. The van der Waals surface area contributed by atoms with E-state index in [1.807, 2.05) is 30.3 Å². The second-order valence-electron chi connectivity index (χ2n) is 6.15. The highest BCUT2D eigenvalue weighted by Gasteiger charge is 2.18. The average Bonchev–Trinajstić information content (AvgIpc) is 2.68. The number of piperazine rings is 1. The van der Waals surface area contributed by atoms with Gasteiger partial charge in [0.25, 0.3) is 5.91 Å². The van der Waals surface area contributed by atoms with Gasteiger partial charge >= 0.3 is 0 Å². The number of halogens is 2. The fraction of sp³-hybridized carbons (Fsp3) is 0.389. The molecule has 9 heteroatoms. The first-order valence-electron chi connectivity index (χ1n) is 8.60.